The van der Waals surface area contributed by atoms with E-state index in [0.717, 1.165) is 4.31 Å². The fraction of sp³-hybridized carbons (Fsp3) is 0.214. The second kappa shape index (κ2) is 6.10. The van der Waals surface area contributed by atoms with Gasteiger partial charge in [-0.05, 0) is 24.6 Å². The van der Waals surface area contributed by atoms with E-state index in [4.69, 9.17) is 0 Å². The van der Waals surface area contributed by atoms with Crippen molar-refractivity contribution in [1.29, 1.82) is 0 Å². The third kappa shape index (κ3) is 2.91. The van der Waals surface area contributed by atoms with Crippen LogP contribution < -0.4 is 4.31 Å². The largest absolute Gasteiger partial charge is 0.465 e. The van der Waals surface area contributed by atoms with Crippen LogP contribution in [0.2, 0.25) is 0 Å². The molecule has 0 aliphatic carbocycles. The molecule has 22 heavy (non-hydrogen) atoms. The number of hydrogen-bond acceptors (Lipinski definition) is 6. The highest BCUT2D eigenvalue weighted by atomic mass is 32.2. The van der Waals surface area contributed by atoms with E-state index in [-0.39, 0.29) is 16.3 Å². The van der Waals surface area contributed by atoms with Crippen LogP contribution in [0.25, 0.3) is 0 Å². The topological polar surface area (TPSA) is 89.5 Å². The SMILES string of the molecule is COC(=O)c1cc(S(=O)(=O)N(C)c2cnccn2)ccc1C. The number of rotatable bonds is 4. The van der Waals surface area contributed by atoms with Gasteiger partial charge >= 0.3 is 5.97 Å². The van der Waals surface area contributed by atoms with Gasteiger partial charge in [0.05, 0.1) is 23.8 Å². The summed E-state index contributed by atoms with van der Waals surface area (Å²) in [5.74, 6) is -0.403. The highest BCUT2D eigenvalue weighted by Crippen LogP contribution is 2.22. The smallest absolute Gasteiger partial charge is 0.338 e. The monoisotopic (exact) mass is 321 g/mol. The summed E-state index contributed by atoms with van der Waals surface area (Å²) in [6.45, 7) is 1.70. The summed E-state index contributed by atoms with van der Waals surface area (Å²) in [5, 5.41) is 0. The molecule has 2 aromatic rings. The molecule has 0 saturated carbocycles. The number of sulfonamides is 1. The van der Waals surface area contributed by atoms with E-state index in [2.05, 4.69) is 14.7 Å². The number of aromatic nitrogens is 2. The number of hydrogen-bond donors (Lipinski definition) is 0. The summed E-state index contributed by atoms with van der Waals surface area (Å²) >= 11 is 0. The summed E-state index contributed by atoms with van der Waals surface area (Å²) in [4.78, 5) is 19.5. The number of nitrogens with zero attached hydrogens (tertiary/aromatic N) is 3. The maximum atomic E-state index is 12.6. The molecule has 0 aliphatic heterocycles. The fourth-order valence-electron chi connectivity index (χ4n) is 1.83. The summed E-state index contributed by atoms with van der Waals surface area (Å²) < 4.78 is 30.9. The number of ether oxygens (including phenoxy) is 1. The van der Waals surface area contributed by atoms with Crippen molar-refractivity contribution in [3.8, 4) is 0 Å². The predicted octanol–water partition coefficient (Wildman–Crippen LogP) is 1.40. The van der Waals surface area contributed by atoms with E-state index in [9.17, 15) is 13.2 Å². The Balaban J connectivity index is 2.48. The van der Waals surface area contributed by atoms with Gasteiger partial charge in [0.2, 0.25) is 0 Å². The van der Waals surface area contributed by atoms with Crippen molar-refractivity contribution in [3.63, 3.8) is 0 Å². The third-order valence-corrected chi connectivity index (χ3v) is 4.90. The van der Waals surface area contributed by atoms with Gasteiger partial charge in [0.25, 0.3) is 10.0 Å². The molecule has 1 aromatic carbocycles. The van der Waals surface area contributed by atoms with Crippen molar-refractivity contribution in [1.82, 2.24) is 9.97 Å². The standard InChI is InChI=1S/C14H15N3O4S/c1-10-4-5-11(8-12(10)14(18)21-3)22(19,20)17(2)13-9-15-6-7-16-13/h4-9H,1-3H3. The zero-order valence-electron chi connectivity index (χ0n) is 12.3. The Morgan fingerprint density at radius 2 is 2.00 bits per heavy atom. The summed E-state index contributed by atoms with van der Waals surface area (Å²) in [7, 11) is -1.23. The summed E-state index contributed by atoms with van der Waals surface area (Å²) in [6.07, 6.45) is 4.19. The molecular weight excluding hydrogens is 306 g/mol. The van der Waals surface area contributed by atoms with Gasteiger partial charge in [-0.25, -0.2) is 18.2 Å². The first kappa shape index (κ1) is 15.9. The average molecular weight is 321 g/mol. The Morgan fingerprint density at radius 1 is 1.27 bits per heavy atom. The zero-order chi connectivity index (χ0) is 16.3. The van der Waals surface area contributed by atoms with Crippen LogP contribution in [0.4, 0.5) is 5.82 Å². The van der Waals surface area contributed by atoms with Crippen LogP contribution in [-0.4, -0.2) is 38.5 Å². The first-order valence-electron chi connectivity index (χ1n) is 6.32. The molecule has 1 aromatic heterocycles. The number of benzene rings is 1. The number of methoxy groups -OCH3 is 1. The molecule has 8 heteroatoms. The van der Waals surface area contributed by atoms with Crippen LogP contribution >= 0.6 is 0 Å². The molecule has 0 atom stereocenters. The van der Waals surface area contributed by atoms with Crippen LogP contribution in [0.15, 0.2) is 41.7 Å². The Labute approximate surface area is 128 Å². The van der Waals surface area contributed by atoms with Crippen molar-refractivity contribution in [3.05, 3.63) is 47.9 Å². The molecule has 0 amide bonds. The van der Waals surface area contributed by atoms with Crippen molar-refractivity contribution in [2.45, 2.75) is 11.8 Å². The lowest BCUT2D eigenvalue weighted by Gasteiger charge is -2.18. The molecule has 0 unspecified atom stereocenters. The molecule has 0 bridgehead atoms. The first-order valence-corrected chi connectivity index (χ1v) is 7.76. The van der Waals surface area contributed by atoms with Gasteiger partial charge in [-0.15, -0.1) is 0 Å². The Bertz CT molecular complexity index is 791. The molecule has 0 fully saturated rings. The third-order valence-electron chi connectivity index (χ3n) is 3.14. The van der Waals surface area contributed by atoms with E-state index < -0.39 is 16.0 Å². The van der Waals surface area contributed by atoms with E-state index in [1.807, 2.05) is 0 Å². The number of aryl methyl sites for hydroxylation is 1. The van der Waals surface area contributed by atoms with Gasteiger partial charge in [0, 0.05) is 19.4 Å². The molecule has 0 spiro atoms. The van der Waals surface area contributed by atoms with E-state index in [0.29, 0.717) is 5.56 Å². The van der Waals surface area contributed by atoms with Gasteiger partial charge in [-0.3, -0.25) is 9.29 Å². The molecular formula is C14H15N3O4S. The highest BCUT2D eigenvalue weighted by molar-refractivity contribution is 7.92. The maximum absolute atomic E-state index is 12.6. The molecule has 0 aliphatic rings. The van der Waals surface area contributed by atoms with E-state index in [1.54, 1.807) is 13.0 Å². The number of carbonyl (C=O) groups is 1. The van der Waals surface area contributed by atoms with E-state index >= 15 is 0 Å². The summed E-state index contributed by atoms with van der Waals surface area (Å²) in [5.41, 5.74) is 0.837. The average Bonchev–Trinajstić information content (AvgIpc) is 2.54. The quantitative estimate of drug-likeness (QED) is 0.791. The maximum Gasteiger partial charge on any atom is 0.338 e. The minimum absolute atomic E-state index is 0.0216. The Morgan fingerprint density at radius 3 is 2.59 bits per heavy atom. The van der Waals surface area contributed by atoms with Gasteiger partial charge < -0.3 is 4.74 Å². The van der Waals surface area contributed by atoms with Crippen LogP contribution in [-0.2, 0) is 14.8 Å². The van der Waals surface area contributed by atoms with Crippen LogP contribution in [0.1, 0.15) is 15.9 Å². The molecule has 0 radical (unpaired) electrons. The van der Waals surface area contributed by atoms with Crippen molar-refractivity contribution < 1.29 is 17.9 Å². The molecule has 1 heterocycles. The van der Waals surface area contributed by atoms with Gasteiger partial charge in [-0.1, -0.05) is 6.07 Å². The van der Waals surface area contributed by atoms with Crippen LogP contribution in [0, 0.1) is 6.92 Å². The van der Waals surface area contributed by atoms with Gasteiger partial charge in [0.15, 0.2) is 5.82 Å². The zero-order valence-corrected chi connectivity index (χ0v) is 13.2. The fourth-order valence-corrected chi connectivity index (χ4v) is 2.99. The lowest BCUT2D eigenvalue weighted by atomic mass is 10.1. The molecule has 0 N–H and O–H groups in total. The molecule has 7 nitrogen and oxygen atoms in total. The minimum Gasteiger partial charge on any atom is -0.465 e. The van der Waals surface area contributed by atoms with Gasteiger partial charge in [-0.2, -0.15) is 0 Å². The summed E-state index contributed by atoms with van der Waals surface area (Å²) in [6, 6.07) is 4.29. The van der Waals surface area contributed by atoms with E-state index in [1.165, 1.54) is 44.9 Å². The number of anilines is 1. The predicted molar refractivity (Wildman–Crippen MR) is 80.1 cm³/mol. The second-order valence-electron chi connectivity index (χ2n) is 4.50. The molecule has 2 rings (SSSR count). The first-order chi connectivity index (χ1) is 10.4. The van der Waals surface area contributed by atoms with Crippen molar-refractivity contribution in [2.24, 2.45) is 0 Å². The Hall–Kier alpha value is -2.48. The molecule has 0 saturated heterocycles. The lowest BCUT2D eigenvalue weighted by Crippen LogP contribution is -2.27. The number of esters is 1. The van der Waals surface area contributed by atoms with Crippen molar-refractivity contribution in [2.75, 3.05) is 18.5 Å². The molecule has 116 valence electrons. The van der Waals surface area contributed by atoms with Gasteiger partial charge in [0.1, 0.15) is 0 Å². The van der Waals surface area contributed by atoms with Crippen LogP contribution in [0.5, 0.6) is 0 Å². The van der Waals surface area contributed by atoms with Crippen LogP contribution in [0.3, 0.4) is 0 Å². The minimum atomic E-state index is -3.85. The highest BCUT2D eigenvalue weighted by Gasteiger charge is 2.24. The second-order valence-corrected chi connectivity index (χ2v) is 6.47. The van der Waals surface area contributed by atoms with Crippen molar-refractivity contribution >= 4 is 21.8 Å². The lowest BCUT2D eigenvalue weighted by molar-refractivity contribution is 0.0599. The Kier molecular flexibility index (Phi) is 4.41. The number of carbonyl (C=O) groups excluding carboxylic acids is 1. The normalized spacial score (nSPS) is 11.0.